The van der Waals surface area contributed by atoms with Crippen LogP contribution in [0.3, 0.4) is 0 Å². The van der Waals surface area contributed by atoms with Crippen molar-refractivity contribution in [2.45, 2.75) is 39.0 Å². The number of fused-ring (bicyclic) bond motifs is 1. The Balaban J connectivity index is 0.00000364. The summed E-state index contributed by atoms with van der Waals surface area (Å²) in [7, 11) is 5.07. The monoisotopic (exact) mass is 491 g/mol. The molecule has 2 rings (SSSR count). The van der Waals surface area contributed by atoms with Crippen molar-refractivity contribution in [3.05, 3.63) is 23.8 Å². The number of hydrogen-bond donors (Lipinski definition) is 2. The number of carbonyl (C=O) groups excluding carboxylic acids is 1. The van der Waals surface area contributed by atoms with E-state index in [1.165, 1.54) is 4.90 Å². The molecule has 1 aliphatic rings. The summed E-state index contributed by atoms with van der Waals surface area (Å²) in [4.78, 5) is 22.2. The number of guanidine groups is 1. The molecule has 0 saturated heterocycles. The highest BCUT2D eigenvalue weighted by Crippen LogP contribution is 2.13. The van der Waals surface area contributed by atoms with Crippen LogP contribution >= 0.6 is 24.0 Å². The Morgan fingerprint density at radius 2 is 2.22 bits per heavy atom. The molecule has 10 heteroatoms. The van der Waals surface area contributed by atoms with Gasteiger partial charge in [-0.2, -0.15) is 5.10 Å². The Bertz CT molecular complexity index is 672. The molecular formula is C17H30IN7O2. The van der Waals surface area contributed by atoms with E-state index in [4.69, 9.17) is 4.74 Å². The number of halogens is 1. The molecule has 1 unspecified atom stereocenters. The predicted molar refractivity (Wildman–Crippen MR) is 115 cm³/mol. The molecule has 2 heterocycles. The first-order valence-electron chi connectivity index (χ1n) is 8.70. The minimum atomic E-state index is -0.0483. The standard InChI is InChI=1S/C17H29N7O2.HI/c1-12(2)8-18-17(19-9-16(25)23(3)4)20-13-6-7-15-21-14(11-26-5)22-24(15)10-13;/h13H,1,6-11H2,2-5H3,(H2,18,19,20);1H. The first-order valence-corrected chi connectivity index (χ1v) is 8.70. The van der Waals surface area contributed by atoms with Gasteiger partial charge in [0.15, 0.2) is 11.8 Å². The molecule has 0 spiro atoms. The van der Waals surface area contributed by atoms with E-state index >= 15 is 0 Å². The van der Waals surface area contributed by atoms with Gasteiger partial charge in [0.2, 0.25) is 5.91 Å². The summed E-state index contributed by atoms with van der Waals surface area (Å²) in [6.45, 7) is 7.64. The van der Waals surface area contributed by atoms with Crippen molar-refractivity contribution in [3.8, 4) is 0 Å². The number of nitrogens with one attached hydrogen (secondary N) is 2. The lowest BCUT2D eigenvalue weighted by molar-refractivity contribution is -0.127. The summed E-state index contributed by atoms with van der Waals surface area (Å²) in [6, 6.07) is 0.158. The van der Waals surface area contributed by atoms with Gasteiger partial charge in [-0.1, -0.05) is 12.2 Å². The SMILES string of the molecule is C=C(C)CNC(=NCC(=O)N(C)C)NC1CCc2nc(COC)nn2C1.I. The fourth-order valence-corrected chi connectivity index (χ4v) is 2.54. The minimum absolute atomic E-state index is 0. The number of aliphatic imine (C=N–C) groups is 1. The molecule has 0 aliphatic carbocycles. The van der Waals surface area contributed by atoms with Crippen LogP contribution in [0.25, 0.3) is 0 Å². The molecule has 1 aliphatic heterocycles. The van der Waals surface area contributed by atoms with Gasteiger partial charge >= 0.3 is 0 Å². The smallest absolute Gasteiger partial charge is 0.243 e. The second-order valence-electron chi connectivity index (χ2n) is 6.70. The van der Waals surface area contributed by atoms with E-state index in [0.29, 0.717) is 31.5 Å². The average molecular weight is 491 g/mol. The third-order valence-electron chi connectivity index (χ3n) is 3.95. The Morgan fingerprint density at radius 1 is 1.48 bits per heavy atom. The fourth-order valence-electron chi connectivity index (χ4n) is 2.54. The van der Waals surface area contributed by atoms with E-state index in [-0.39, 0.29) is 42.5 Å². The number of aromatic nitrogens is 3. The number of rotatable bonds is 7. The average Bonchev–Trinajstić information content (AvgIpc) is 2.98. The normalized spacial score (nSPS) is 16.1. The minimum Gasteiger partial charge on any atom is -0.377 e. The number of ether oxygens (including phenoxy) is 1. The van der Waals surface area contributed by atoms with Crippen LogP contribution in [0, 0.1) is 0 Å². The highest BCUT2D eigenvalue weighted by Gasteiger charge is 2.22. The quantitative estimate of drug-likeness (QED) is 0.251. The summed E-state index contributed by atoms with van der Waals surface area (Å²) in [5.74, 6) is 2.24. The van der Waals surface area contributed by atoms with E-state index in [9.17, 15) is 4.79 Å². The van der Waals surface area contributed by atoms with E-state index in [1.54, 1.807) is 21.2 Å². The van der Waals surface area contributed by atoms with E-state index in [1.807, 2.05) is 11.6 Å². The van der Waals surface area contributed by atoms with Crippen molar-refractivity contribution in [3.63, 3.8) is 0 Å². The van der Waals surface area contributed by atoms with Gasteiger partial charge in [0.05, 0.1) is 6.54 Å². The fraction of sp³-hybridized carbons (Fsp3) is 0.647. The van der Waals surface area contributed by atoms with Crippen LogP contribution in [0.5, 0.6) is 0 Å². The molecule has 1 atom stereocenters. The summed E-state index contributed by atoms with van der Waals surface area (Å²) in [5, 5.41) is 11.1. The Labute approximate surface area is 177 Å². The van der Waals surface area contributed by atoms with Crippen LogP contribution in [-0.2, 0) is 29.1 Å². The maximum absolute atomic E-state index is 11.8. The lowest BCUT2D eigenvalue weighted by atomic mass is 10.1. The molecule has 9 nitrogen and oxygen atoms in total. The van der Waals surface area contributed by atoms with Crippen molar-refractivity contribution < 1.29 is 9.53 Å². The number of carbonyl (C=O) groups is 1. The van der Waals surface area contributed by atoms with Crippen molar-refractivity contribution in [2.24, 2.45) is 4.99 Å². The first kappa shape index (κ1) is 23.3. The van der Waals surface area contributed by atoms with Crippen LogP contribution in [-0.4, -0.2) is 71.9 Å². The zero-order valence-electron chi connectivity index (χ0n) is 16.5. The van der Waals surface area contributed by atoms with Crippen molar-refractivity contribution in [2.75, 3.05) is 34.3 Å². The lowest BCUT2D eigenvalue weighted by Crippen LogP contribution is -2.47. The largest absolute Gasteiger partial charge is 0.377 e. The first-order chi connectivity index (χ1) is 12.4. The molecule has 152 valence electrons. The maximum Gasteiger partial charge on any atom is 0.243 e. The number of nitrogens with zero attached hydrogens (tertiary/aromatic N) is 5. The highest BCUT2D eigenvalue weighted by molar-refractivity contribution is 14.0. The topological polar surface area (TPSA) is 96.7 Å². The Morgan fingerprint density at radius 3 is 2.85 bits per heavy atom. The van der Waals surface area contributed by atoms with Gasteiger partial charge in [-0.05, 0) is 13.3 Å². The van der Waals surface area contributed by atoms with Gasteiger partial charge in [0.25, 0.3) is 0 Å². The van der Waals surface area contributed by atoms with Gasteiger partial charge in [-0.3, -0.25) is 4.79 Å². The van der Waals surface area contributed by atoms with Gasteiger partial charge < -0.3 is 20.3 Å². The molecule has 1 aromatic heterocycles. The highest BCUT2D eigenvalue weighted by atomic mass is 127. The molecule has 2 N–H and O–H groups in total. The predicted octanol–water partition coefficient (Wildman–Crippen LogP) is 0.557. The third-order valence-corrected chi connectivity index (χ3v) is 3.95. The zero-order valence-corrected chi connectivity index (χ0v) is 18.8. The van der Waals surface area contributed by atoms with Crippen LogP contribution in [0.4, 0.5) is 0 Å². The van der Waals surface area contributed by atoms with Gasteiger partial charge in [0, 0.05) is 40.2 Å². The van der Waals surface area contributed by atoms with E-state index < -0.39 is 0 Å². The van der Waals surface area contributed by atoms with E-state index in [2.05, 4.69) is 32.3 Å². The number of hydrogen-bond acceptors (Lipinski definition) is 5. The second-order valence-corrected chi connectivity index (χ2v) is 6.70. The molecule has 1 amide bonds. The molecule has 0 fully saturated rings. The van der Waals surface area contributed by atoms with Crippen molar-refractivity contribution >= 4 is 35.8 Å². The summed E-state index contributed by atoms with van der Waals surface area (Å²) in [5.41, 5.74) is 0.991. The zero-order chi connectivity index (χ0) is 19.1. The molecule has 0 saturated carbocycles. The third kappa shape index (κ3) is 7.45. The molecular weight excluding hydrogens is 461 g/mol. The van der Waals surface area contributed by atoms with Crippen LogP contribution in [0.2, 0.25) is 0 Å². The van der Waals surface area contributed by atoms with Crippen LogP contribution in [0.1, 0.15) is 25.0 Å². The molecule has 0 bridgehead atoms. The van der Waals surface area contributed by atoms with Crippen LogP contribution in [0.15, 0.2) is 17.1 Å². The molecule has 27 heavy (non-hydrogen) atoms. The number of methoxy groups -OCH3 is 1. The number of amides is 1. The Hall–Kier alpha value is -1.69. The molecule has 1 aromatic rings. The van der Waals surface area contributed by atoms with Crippen molar-refractivity contribution in [1.29, 1.82) is 0 Å². The van der Waals surface area contributed by atoms with Gasteiger partial charge in [0.1, 0.15) is 19.0 Å². The summed E-state index contributed by atoms with van der Waals surface area (Å²) in [6.07, 6.45) is 1.75. The van der Waals surface area contributed by atoms with Crippen LogP contribution < -0.4 is 10.6 Å². The summed E-state index contributed by atoms with van der Waals surface area (Å²) < 4.78 is 7.01. The maximum atomic E-state index is 11.8. The second kappa shape index (κ2) is 11.2. The molecule has 0 radical (unpaired) electrons. The lowest BCUT2D eigenvalue weighted by Gasteiger charge is -2.25. The van der Waals surface area contributed by atoms with Crippen molar-refractivity contribution in [1.82, 2.24) is 30.3 Å². The number of aryl methyl sites for hydroxylation is 1. The molecule has 0 aromatic carbocycles. The van der Waals surface area contributed by atoms with Gasteiger partial charge in [-0.25, -0.2) is 14.7 Å². The van der Waals surface area contributed by atoms with E-state index in [0.717, 1.165) is 24.2 Å². The van der Waals surface area contributed by atoms with Gasteiger partial charge in [-0.15, -0.1) is 24.0 Å². The number of likely N-dealkylation sites (N-methyl/N-ethyl adjacent to an activating group) is 1. The summed E-state index contributed by atoms with van der Waals surface area (Å²) >= 11 is 0. The Kier molecular flexibility index (Phi) is 9.70.